The van der Waals surface area contributed by atoms with Crippen LogP contribution in [0.5, 0.6) is 0 Å². The highest BCUT2D eigenvalue weighted by atomic mass is 32.1. The van der Waals surface area contributed by atoms with Crippen molar-refractivity contribution in [3.63, 3.8) is 0 Å². The summed E-state index contributed by atoms with van der Waals surface area (Å²) in [5.74, 6) is 0. The lowest BCUT2D eigenvalue weighted by Gasteiger charge is -2.23. The van der Waals surface area contributed by atoms with E-state index in [9.17, 15) is 5.11 Å². The van der Waals surface area contributed by atoms with Crippen LogP contribution in [0.25, 0.3) is 0 Å². The summed E-state index contributed by atoms with van der Waals surface area (Å²) in [6.07, 6.45) is -0.449. The topological polar surface area (TPSA) is 36.4 Å². The number of rotatable bonds is 6. The predicted molar refractivity (Wildman–Crippen MR) is 83.9 cm³/mol. The van der Waals surface area contributed by atoms with E-state index in [1.54, 1.807) is 11.3 Å². The van der Waals surface area contributed by atoms with Gasteiger partial charge in [0.15, 0.2) is 0 Å². The van der Waals surface area contributed by atoms with Gasteiger partial charge in [-0.05, 0) is 26.0 Å². The lowest BCUT2D eigenvalue weighted by Crippen LogP contribution is -2.28. The van der Waals surface area contributed by atoms with Crippen molar-refractivity contribution in [1.82, 2.24) is 9.88 Å². The molecule has 3 nitrogen and oxygen atoms in total. The monoisotopic (exact) mass is 290 g/mol. The van der Waals surface area contributed by atoms with Crippen molar-refractivity contribution in [1.29, 1.82) is 0 Å². The molecule has 108 valence electrons. The fourth-order valence-corrected chi connectivity index (χ4v) is 2.76. The first kappa shape index (κ1) is 15.2. The number of aryl methyl sites for hydroxylation is 2. The minimum Gasteiger partial charge on any atom is -0.387 e. The molecule has 0 spiro atoms. The van der Waals surface area contributed by atoms with Crippen molar-refractivity contribution >= 4 is 11.3 Å². The third-order valence-electron chi connectivity index (χ3n) is 3.39. The Morgan fingerprint density at radius 1 is 1.25 bits per heavy atom. The Labute approximate surface area is 124 Å². The summed E-state index contributed by atoms with van der Waals surface area (Å²) in [7, 11) is 0. The van der Waals surface area contributed by atoms with E-state index in [0.717, 1.165) is 29.4 Å². The van der Waals surface area contributed by atoms with Crippen molar-refractivity contribution in [3.05, 3.63) is 51.5 Å². The summed E-state index contributed by atoms with van der Waals surface area (Å²) in [5, 5.41) is 13.5. The van der Waals surface area contributed by atoms with Gasteiger partial charge >= 0.3 is 0 Å². The van der Waals surface area contributed by atoms with E-state index in [-0.39, 0.29) is 0 Å². The number of benzene rings is 1. The van der Waals surface area contributed by atoms with E-state index in [1.165, 1.54) is 5.56 Å². The third kappa shape index (κ3) is 4.13. The van der Waals surface area contributed by atoms with E-state index >= 15 is 0 Å². The Bertz CT molecular complexity index is 536. The number of likely N-dealkylation sites (N-methyl/N-ethyl adjacent to an activating group) is 1. The number of hydrogen-bond acceptors (Lipinski definition) is 4. The van der Waals surface area contributed by atoms with Gasteiger partial charge in [-0.3, -0.25) is 4.90 Å². The van der Waals surface area contributed by atoms with E-state index < -0.39 is 6.10 Å². The van der Waals surface area contributed by atoms with Gasteiger partial charge in [-0.15, -0.1) is 11.3 Å². The highest BCUT2D eigenvalue weighted by Crippen LogP contribution is 2.17. The Morgan fingerprint density at radius 2 is 1.95 bits per heavy atom. The fourth-order valence-electron chi connectivity index (χ4n) is 2.15. The maximum atomic E-state index is 10.3. The van der Waals surface area contributed by atoms with Crippen molar-refractivity contribution < 1.29 is 5.11 Å². The van der Waals surface area contributed by atoms with Crippen LogP contribution in [0.3, 0.4) is 0 Å². The van der Waals surface area contributed by atoms with Crippen LogP contribution in [0.15, 0.2) is 29.6 Å². The average Bonchev–Trinajstić information content (AvgIpc) is 2.84. The fraction of sp³-hybridized carbons (Fsp3) is 0.438. The van der Waals surface area contributed by atoms with Crippen LogP contribution >= 0.6 is 11.3 Å². The van der Waals surface area contributed by atoms with Gasteiger partial charge in [0.05, 0.1) is 16.8 Å². The molecule has 1 N–H and O–H groups in total. The van der Waals surface area contributed by atoms with Gasteiger partial charge in [-0.1, -0.05) is 36.8 Å². The first-order valence-corrected chi connectivity index (χ1v) is 7.84. The average molecular weight is 290 g/mol. The zero-order valence-electron chi connectivity index (χ0n) is 12.3. The maximum absolute atomic E-state index is 10.3. The lowest BCUT2D eigenvalue weighted by atomic mass is 10.1. The molecule has 0 radical (unpaired) electrons. The Balaban J connectivity index is 1.96. The second kappa shape index (κ2) is 6.97. The number of hydrogen-bond donors (Lipinski definition) is 1. The molecule has 0 aliphatic rings. The third-order valence-corrected chi connectivity index (χ3v) is 4.21. The number of thiazole rings is 1. The summed E-state index contributed by atoms with van der Waals surface area (Å²) < 4.78 is 0. The van der Waals surface area contributed by atoms with Crippen LogP contribution < -0.4 is 0 Å². The van der Waals surface area contributed by atoms with Crippen LogP contribution in [0.4, 0.5) is 0 Å². The Morgan fingerprint density at radius 3 is 2.50 bits per heavy atom. The standard InChI is InChI=1S/C16H22N2OS/c1-4-18(9-15-11-20-13(3)17-15)10-16(19)14-7-5-12(2)6-8-14/h5-8,11,16,19H,4,9-10H2,1-3H3/t16-/m1/s1. The van der Waals surface area contributed by atoms with Crippen molar-refractivity contribution in [2.45, 2.75) is 33.4 Å². The van der Waals surface area contributed by atoms with E-state index in [4.69, 9.17) is 0 Å². The van der Waals surface area contributed by atoms with Crippen molar-refractivity contribution in [2.24, 2.45) is 0 Å². The summed E-state index contributed by atoms with van der Waals surface area (Å²) >= 11 is 1.67. The van der Waals surface area contributed by atoms with Gasteiger partial charge in [0.1, 0.15) is 0 Å². The SMILES string of the molecule is CCN(Cc1csc(C)n1)C[C@@H](O)c1ccc(C)cc1. The van der Waals surface area contributed by atoms with Gasteiger partial charge in [0, 0.05) is 18.5 Å². The van der Waals surface area contributed by atoms with Crippen LogP contribution in [-0.4, -0.2) is 28.1 Å². The van der Waals surface area contributed by atoms with Crippen molar-refractivity contribution in [2.75, 3.05) is 13.1 Å². The summed E-state index contributed by atoms with van der Waals surface area (Å²) in [4.78, 5) is 6.71. The molecule has 2 rings (SSSR count). The minimum atomic E-state index is -0.449. The van der Waals surface area contributed by atoms with Crippen LogP contribution in [-0.2, 0) is 6.54 Å². The molecular weight excluding hydrogens is 268 g/mol. The molecule has 1 aromatic carbocycles. The van der Waals surface area contributed by atoms with Gasteiger partial charge < -0.3 is 5.11 Å². The molecule has 1 heterocycles. The molecule has 4 heteroatoms. The van der Waals surface area contributed by atoms with Crippen LogP contribution in [0.2, 0.25) is 0 Å². The van der Waals surface area contributed by atoms with Crippen LogP contribution in [0, 0.1) is 13.8 Å². The van der Waals surface area contributed by atoms with Gasteiger partial charge in [0.2, 0.25) is 0 Å². The molecular formula is C16H22N2OS. The smallest absolute Gasteiger partial charge is 0.0917 e. The highest BCUT2D eigenvalue weighted by molar-refractivity contribution is 7.09. The molecule has 0 bridgehead atoms. The first-order valence-electron chi connectivity index (χ1n) is 6.96. The molecule has 2 aromatic rings. The molecule has 20 heavy (non-hydrogen) atoms. The first-order chi connectivity index (χ1) is 9.58. The van der Waals surface area contributed by atoms with Crippen LogP contribution in [0.1, 0.15) is 34.9 Å². The quantitative estimate of drug-likeness (QED) is 0.886. The highest BCUT2D eigenvalue weighted by Gasteiger charge is 2.13. The summed E-state index contributed by atoms with van der Waals surface area (Å²) in [6, 6.07) is 8.08. The number of aliphatic hydroxyl groups is 1. The second-order valence-electron chi connectivity index (χ2n) is 5.11. The van der Waals surface area contributed by atoms with E-state index in [1.807, 2.05) is 31.2 Å². The second-order valence-corrected chi connectivity index (χ2v) is 6.17. The number of aliphatic hydroxyl groups excluding tert-OH is 1. The van der Waals surface area contributed by atoms with Gasteiger partial charge in [-0.2, -0.15) is 0 Å². The Hall–Kier alpha value is -1.23. The Kier molecular flexibility index (Phi) is 5.29. The molecule has 0 amide bonds. The zero-order valence-corrected chi connectivity index (χ0v) is 13.2. The number of aromatic nitrogens is 1. The summed E-state index contributed by atoms with van der Waals surface area (Å²) in [6.45, 7) is 8.52. The lowest BCUT2D eigenvalue weighted by molar-refractivity contribution is 0.112. The van der Waals surface area contributed by atoms with Gasteiger partial charge in [0.25, 0.3) is 0 Å². The predicted octanol–water partition coefficient (Wildman–Crippen LogP) is 3.32. The molecule has 0 fully saturated rings. The molecule has 0 unspecified atom stereocenters. The largest absolute Gasteiger partial charge is 0.387 e. The number of nitrogens with zero attached hydrogens (tertiary/aromatic N) is 2. The van der Waals surface area contributed by atoms with E-state index in [0.29, 0.717) is 6.54 Å². The molecule has 0 saturated heterocycles. The molecule has 1 atom stereocenters. The molecule has 0 aliphatic heterocycles. The minimum absolute atomic E-state index is 0.449. The van der Waals surface area contributed by atoms with Crippen molar-refractivity contribution in [3.8, 4) is 0 Å². The van der Waals surface area contributed by atoms with E-state index in [2.05, 4.69) is 29.1 Å². The normalized spacial score (nSPS) is 12.8. The summed E-state index contributed by atoms with van der Waals surface area (Å²) in [5.41, 5.74) is 3.28. The van der Waals surface area contributed by atoms with Gasteiger partial charge in [-0.25, -0.2) is 4.98 Å². The molecule has 1 aromatic heterocycles. The maximum Gasteiger partial charge on any atom is 0.0917 e. The molecule has 0 saturated carbocycles. The molecule has 0 aliphatic carbocycles. The zero-order chi connectivity index (χ0) is 14.5.